The summed E-state index contributed by atoms with van der Waals surface area (Å²) in [5, 5.41) is 10.6. The summed E-state index contributed by atoms with van der Waals surface area (Å²) in [6, 6.07) is 7.73. The molecule has 5 rings (SSSR count). The number of ether oxygens (including phenoxy) is 4. The number of carbonyl (C=O) groups is 3. The highest BCUT2D eigenvalue weighted by Crippen LogP contribution is 2.37. The van der Waals surface area contributed by atoms with Crippen LogP contribution < -0.4 is 0 Å². The van der Waals surface area contributed by atoms with E-state index in [1.165, 1.54) is 0 Å². The number of piperazine rings is 1. The number of aliphatic hydroxyl groups is 1. The molecule has 11 heteroatoms. The van der Waals surface area contributed by atoms with Crippen molar-refractivity contribution < 1.29 is 38.4 Å². The number of hydrogen-bond acceptors (Lipinski definition) is 9. The largest absolute Gasteiger partial charge is 0.457 e. The number of benzene rings is 1. The Morgan fingerprint density at radius 3 is 2.51 bits per heavy atom. The summed E-state index contributed by atoms with van der Waals surface area (Å²) in [7, 11) is 2.04. The summed E-state index contributed by atoms with van der Waals surface area (Å²) in [4.78, 5) is 44.4. The van der Waals surface area contributed by atoms with Gasteiger partial charge in [0.15, 0.2) is 0 Å². The molecule has 3 fully saturated rings. The fraction of sp³-hybridized carbons (Fsp3) is 0.639. The summed E-state index contributed by atoms with van der Waals surface area (Å²) in [6.07, 6.45) is 5.07. The fourth-order valence-corrected chi connectivity index (χ4v) is 6.70. The molecule has 2 amide bonds. The zero-order valence-corrected chi connectivity index (χ0v) is 28.3. The standard InChI is InChI=1S/C36H51N3O8/c1-25-8-10-30(40)20-32(41)47-33(26(2)9-11-31(25)46-35(43)38-16-14-37(4)15-17-38)27(3)18-28-6-5-7-29(19-28)21-45-34(42)39-13-12-36(22-39)23-44-24-36/h5-7,9,11,18-19,25-26,30-31,33,40H,8,10,12-17,20-24H2,1-4H3/b11-9+,27-18+/t25-,26-,30+,31+,33-/m0/s1. The van der Waals surface area contributed by atoms with Gasteiger partial charge in [0, 0.05) is 50.6 Å². The van der Waals surface area contributed by atoms with Crippen LogP contribution in [0.2, 0.25) is 0 Å². The predicted octanol–water partition coefficient (Wildman–Crippen LogP) is 4.49. The van der Waals surface area contributed by atoms with Gasteiger partial charge in [0.2, 0.25) is 0 Å². The molecule has 0 bridgehead atoms. The number of amides is 2. The van der Waals surface area contributed by atoms with E-state index in [0.717, 1.165) is 36.2 Å². The van der Waals surface area contributed by atoms with Crippen LogP contribution in [0.5, 0.6) is 0 Å². The van der Waals surface area contributed by atoms with E-state index >= 15 is 0 Å². The SMILES string of the molecule is C/C(=C\c1cccc(COC(=O)N2CCC3(COC3)C2)c1)[C@H]1OC(=O)C[C@H](O)CC[C@H](C)[C@H](OC(=O)N2CCN(C)CC2)/C=C/[C@@H]1C. The maximum atomic E-state index is 13.1. The van der Waals surface area contributed by atoms with Crippen molar-refractivity contribution in [2.75, 3.05) is 59.5 Å². The van der Waals surface area contributed by atoms with Gasteiger partial charge < -0.3 is 38.8 Å². The Labute approximate surface area is 278 Å². The Morgan fingerprint density at radius 2 is 1.81 bits per heavy atom. The molecule has 0 aliphatic carbocycles. The first-order valence-corrected chi connectivity index (χ1v) is 17.0. The molecule has 4 heterocycles. The van der Waals surface area contributed by atoms with Crippen molar-refractivity contribution in [1.29, 1.82) is 0 Å². The summed E-state index contributed by atoms with van der Waals surface area (Å²) in [6.45, 7) is 11.7. The van der Waals surface area contributed by atoms with Gasteiger partial charge in [-0.25, -0.2) is 9.59 Å². The molecular weight excluding hydrogens is 602 g/mol. The second-order valence-corrected chi connectivity index (χ2v) is 14.1. The van der Waals surface area contributed by atoms with E-state index in [1.807, 2.05) is 70.3 Å². The van der Waals surface area contributed by atoms with Gasteiger partial charge in [0.1, 0.15) is 18.8 Å². The van der Waals surface area contributed by atoms with Gasteiger partial charge in [-0.2, -0.15) is 0 Å². The smallest absolute Gasteiger partial charge is 0.410 e. The second-order valence-electron chi connectivity index (χ2n) is 14.1. The third kappa shape index (κ3) is 9.36. The molecular formula is C36H51N3O8. The molecule has 1 aromatic carbocycles. The van der Waals surface area contributed by atoms with Crippen LogP contribution in [0.15, 0.2) is 42.0 Å². The van der Waals surface area contributed by atoms with Crippen LogP contribution in [-0.2, 0) is 30.3 Å². The number of likely N-dealkylation sites (N-methyl/N-ethyl adjacent to an activating group) is 1. The van der Waals surface area contributed by atoms with E-state index in [2.05, 4.69) is 4.90 Å². The van der Waals surface area contributed by atoms with Crippen molar-refractivity contribution in [3.8, 4) is 0 Å². The number of hydrogen-bond donors (Lipinski definition) is 1. The van der Waals surface area contributed by atoms with E-state index in [9.17, 15) is 19.5 Å². The maximum Gasteiger partial charge on any atom is 0.410 e. The van der Waals surface area contributed by atoms with Crippen LogP contribution in [0.4, 0.5) is 9.59 Å². The third-order valence-electron chi connectivity index (χ3n) is 9.93. The molecule has 5 atom stereocenters. The Kier molecular flexibility index (Phi) is 11.6. The van der Waals surface area contributed by atoms with Crippen LogP contribution >= 0.6 is 0 Å². The van der Waals surface area contributed by atoms with Crippen molar-refractivity contribution in [1.82, 2.24) is 14.7 Å². The molecule has 11 nitrogen and oxygen atoms in total. The number of cyclic esters (lactones) is 1. The average Bonchev–Trinajstić information content (AvgIpc) is 3.50. The molecule has 47 heavy (non-hydrogen) atoms. The molecule has 4 aliphatic heterocycles. The van der Waals surface area contributed by atoms with Crippen LogP contribution in [0.25, 0.3) is 6.08 Å². The monoisotopic (exact) mass is 653 g/mol. The number of nitrogens with zero attached hydrogens (tertiary/aromatic N) is 3. The van der Waals surface area contributed by atoms with Crippen molar-refractivity contribution >= 4 is 24.2 Å². The zero-order valence-electron chi connectivity index (χ0n) is 28.3. The van der Waals surface area contributed by atoms with Crippen molar-refractivity contribution in [2.45, 2.75) is 71.4 Å². The Balaban J connectivity index is 1.26. The molecule has 1 aromatic rings. The predicted molar refractivity (Wildman–Crippen MR) is 176 cm³/mol. The van der Waals surface area contributed by atoms with Gasteiger partial charge in [-0.05, 0) is 68.0 Å². The first-order chi connectivity index (χ1) is 22.5. The highest BCUT2D eigenvalue weighted by Gasteiger charge is 2.46. The normalized spacial score (nSPS) is 29.7. The lowest BCUT2D eigenvalue weighted by molar-refractivity contribution is -0.151. The van der Waals surface area contributed by atoms with Crippen LogP contribution in [0, 0.1) is 17.3 Å². The minimum atomic E-state index is -0.852. The quantitative estimate of drug-likeness (QED) is 0.279. The van der Waals surface area contributed by atoms with Gasteiger partial charge in [-0.15, -0.1) is 0 Å². The first-order valence-electron chi connectivity index (χ1n) is 17.0. The maximum absolute atomic E-state index is 13.1. The number of likely N-dealkylation sites (tertiary alicyclic amines) is 1. The molecule has 0 aromatic heterocycles. The lowest BCUT2D eigenvalue weighted by Crippen LogP contribution is -2.48. The minimum absolute atomic E-state index is 0.0503. The van der Waals surface area contributed by atoms with E-state index < -0.39 is 24.3 Å². The van der Waals surface area contributed by atoms with Gasteiger partial charge in [0.05, 0.1) is 25.7 Å². The molecule has 3 saturated heterocycles. The summed E-state index contributed by atoms with van der Waals surface area (Å²) in [5.41, 5.74) is 2.66. The number of esters is 1. The number of carbonyl (C=O) groups excluding carboxylic acids is 3. The van der Waals surface area contributed by atoms with Crippen LogP contribution in [0.1, 0.15) is 57.6 Å². The summed E-state index contributed by atoms with van der Waals surface area (Å²) < 4.78 is 23.0. The molecule has 4 aliphatic rings. The average molecular weight is 654 g/mol. The van der Waals surface area contributed by atoms with Gasteiger partial charge in [-0.1, -0.05) is 44.2 Å². The third-order valence-corrected chi connectivity index (χ3v) is 9.93. The molecule has 1 N–H and O–H groups in total. The van der Waals surface area contributed by atoms with Crippen LogP contribution in [-0.4, -0.2) is 116 Å². The van der Waals surface area contributed by atoms with Gasteiger partial charge in [0.25, 0.3) is 0 Å². The zero-order chi connectivity index (χ0) is 33.6. The first kappa shape index (κ1) is 34.9. The van der Waals surface area contributed by atoms with Crippen molar-refractivity contribution in [2.24, 2.45) is 17.3 Å². The number of aliphatic hydroxyl groups excluding tert-OH is 1. The highest BCUT2D eigenvalue weighted by atomic mass is 16.6. The molecule has 258 valence electrons. The van der Waals surface area contributed by atoms with Gasteiger partial charge in [-0.3, -0.25) is 4.79 Å². The molecule has 1 spiro atoms. The molecule has 0 radical (unpaired) electrons. The van der Waals surface area contributed by atoms with Crippen molar-refractivity contribution in [3.05, 3.63) is 53.1 Å². The lowest BCUT2D eigenvalue weighted by Gasteiger charge is -2.37. The van der Waals surface area contributed by atoms with E-state index in [-0.39, 0.29) is 42.5 Å². The lowest BCUT2D eigenvalue weighted by atomic mass is 9.85. The molecule has 0 unspecified atom stereocenters. The van der Waals surface area contributed by atoms with Crippen molar-refractivity contribution in [3.63, 3.8) is 0 Å². The Morgan fingerprint density at radius 1 is 1.04 bits per heavy atom. The van der Waals surface area contributed by atoms with E-state index in [4.69, 9.17) is 18.9 Å². The van der Waals surface area contributed by atoms with E-state index in [1.54, 1.807) is 9.80 Å². The Hall–Kier alpha value is -3.41. The van der Waals surface area contributed by atoms with Gasteiger partial charge >= 0.3 is 18.2 Å². The fourth-order valence-electron chi connectivity index (χ4n) is 6.70. The minimum Gasteiger partial charge on any atom is -0.457 e. The highest BCUT2D eigenvalue weighted by molar-refractivity contribution is 5.71. The van der Waals surface area contributed by atoms with E-state index in [0.29, 0.717) is 52.2 Å². The topological polar surface area (TPSA) is 118 Å². The summed E-state index contributed by atoms with van der Waals surface area (Å²) >= 11 is 0. The van der Waals surface area contributed by atoms with Crippen LogP contribution in [0.3, 0.4) is 0 Å². The number of rotatable bonds is 5. The summed E-state index contributed by atoms with van der Waals surface area (Å²) in [5.74, 6) is -0.747. The Bertz CT molecular complexity index is 1320. The second kappa shape index (κ2) is 15.7. The molecule has 0 saturated carbocycles.